The topological polar surface area (TPSA) is 107 Å². The molecule has 100 valence electrons. The van der Waals surface area contributed by atoms with Crippen molar-refractivity contribution in [3.63, 3.8) is 0 Å². The molecule has 6 heteroatoms. The SMILES string of the molecule is CC(=O)NC1=CC(=O)c2c(cc(C)c(O)c2C#N)C1=O. The molecule has 2 rings (SSSR count). The van der Waals surface area contributed by atoms with E-state index in [0.717, 1.165) is 6.08 Å². The molecule has 0 aromatic heterocycles. The van der Waals surface area contributed by atoms with Crippen LogP contribution in [0.5, 0.6) is 5.75 Å². The Bertz CT molecular complexity index is 739. The quantitative estimate of drug-likeness (QED) is 0.790. The van der Waals surface area contributed by atoms with Gasteiger partial charge in [0.1, 0.15) is 17.4 Å². The zero-order chi connectivity index (χ0) is 15.0. The summed E-state index contributed by atoms with van der Waals surface area (Å²) in [4.78, 5) is 35.2. The zero-order valence-corrected chi connectivity index (χ0v) is 10.8. The third kappa shape index (κ3) is 1.95. The number of nitriles is 1. The molecule has 0 saturated heterocycles. The van der Waals surface area contributed by atoms with Crippen LogP contribution in [0.3, 0.4) is 0 Å². The summed E-state index contributed by atoms with van der Waals surface area (Å²) in [7, 11) is 0. The molecular formula is C14H10N2O4. The Morgan fingerprint density at radius 1 is 1.40 bits per heavy atom. The number of hydrogen-bond donors (Lipinski definition) is 2. The molecule has 0 saturated carbocycles. The highest BCUT2D eigenvalue weighted by molar-refractivity contribution is 6.26. The molecule has 20 heavy (non-hydrogen) atoms. The first kappa shape index (κ1) is 13.5. The van der Waals surface area contributed by atoms with Crippen molar-refractivity contribution in [1.82, 2.24) is 5.32 Å². The lowest BCUT2D eigenvalue weighted by molar-refractivity contribution is -0.118. The molecule has 0 bridgehead atoms. The van der Waals surface area contributed by atoms with E-state index in [9.17, 15) is 19.5 Å². The number of phenols is 1. The van der Waals surface area contributed by atoms with Gasteiger partial charge in [0, 0.05) is 18.6 Å². The number of nitrogens with zero attached hydrogens (tertiary/aromatic N) is 1. The first-order valence-corrected chi connectivity index (χ1v) is 5.71. The predicted octanol–water partition coefficient (Wildman–Crippen LogP) is 0.971. The Morgan fingerprint density at radius 3 is 2.60 bits per heavy atom. The van der Waals surface area contributed by atoms with Gasteiger partial charge in [0.15, 0.2) is 5.78 Å². The van der Waals surface area contributed by atoms with E-state index < -0.39 is 17.5 Å². The second-order valence-electron chi connectivity index (χ2n) is 4.38. The van der Waals surface area contributed by atoms with Crippen LogP contribution in [-0.2, 0) is 4.79 Å². The number of fused-ring (bicyclic) bond motifs is 1. The van der Waals surface area contributed by atoms with E-state index in [1.807, 2.05) is 0 Å². The van der Waals surface area contributed by atoms with E-state index in [1.165, 1.54) is 19.9 Å². The molecule has 0 aliphatic heterocycles. The lowest BCUT2D eigenvalue weighted by Gasteiger charge is -2.17. The highest BCUT2D eigenvalue weighted by Gasteiger charge is 2.30. The average molecular weight is 270 g/mol. The summed E-state index contributed by atoms with van der Waals surface area (Å²) < 4.78 is 0. The van der Waals surface area contributed by atoms with Gasteiger partial charge >= 0.3 is 0 Å². The number of carbonyl (C=O) groups is 3. The number of Topliss-reactive ketones (excluding diaryl/α,β-unsaturated/α-hetero) is 1. The van der Waals surface area contributed by atoms with Crippen molar-refractivity contribution in [2.24, 2.45) is 0 Å². The molecule has 2 N–H and O–H groups in total. The van der Waals surface area contributed by atoms with Crippen LogP contribution in [0.4, 0.5) is 0 Å². The van der Waals surface area contributed by atoms with Crippen molar-refractivity contribution < 1.29 is 19.5 Å². The molecule has 1 amide bonds. The van der Waals surface area contributed by atoms with Crippen molar-refractivity contribution in [3.8, 4) is 11.8 Å². The predicted molar refractivity (Wildman–Crippen MR) is 68.1 cm³/mol. The van der Waals surface area contributed by atoms with Crippen LogP contribution in [0.1, 0.15) is 38.8 Å². The molecule has 1 aromatic rings. The number of rotatable bonds is 1. The van der Waals surface area contributed by atoms with Crippen LogP contribution in [0.2, 0.25) is 0 Å². The maximum absolute atomic E-state index is 12.2. The lowest BCUT2D eigenvalue weighted by Crippen LogP contribution is -2.30. The van der Waals surface area contributed by atoms with Crippen LogP contribution in [0.15, 0.2) is 17.8 Å². The Morgan fingerprint density at radius 2 is 2.05 bits per heavy atom. The molecule has 0 heterocycles. The zero-order valence-electron chi connectivity index (χ0n) is 10.8. The van der Waals surface area contributed by atoms with Gasteiger partial charge in [-0.2, -0.15) is 5.26 Å². The molecule has 0 radical (unpaired) electrons. The van der Waals surface area contributed by atoms with Gasteiger partial charge < -0.3 is 10.4 Å². The minimum Gasteiger partial charge on any atom is -0.506 e. The van der Waals surface area contributed by atoms with Gasteiger partial charge in [0.25, 0.3) is 0 Å². The minimum atomic E-state index is -0.602. The molecule has 0 spiro atoms. The number of allylic oxidation sites excluding steroid dienone is 2. The maximum atomic E-state index is 12.2. The second-order valence-corrected chi connectivity index (χ2v) is 4.38. The summed E-state index contributed by atoms with van der Waals surface area (Å²) in [6.07, 6.45) is 0.960. The van der Waals surface area contributed by atoms with Gasteiger partial charge in [-0.1, -0.05) is 0 Å². The van der Waals surface area contributed by atoms with E-state index >= 15 is 0 Å². The number of benzene rings is 1. The summed E-state index contributed by atoms with van der Waals surface area (Å²) in [6, 6.07) is 3.07. The lowest BCUT2D eigenvalue weighted by atomic mass is 9.87. The summed E-state index contributed by atoms with van der Waals surface area (Å²) >= 11 is 0. The number of nitrogens with one attached hydrogen (secondary N) is 1. The van der Waals surface area contributed by atoms with Crippen molar-refractivity contribution in [1.29, 1.82) is 5.26 Å². The fourth-order valence-electron chi connectivity index (χ4n) is 2.05. The molecule has 1 aromatic carbocycles. The largest absolute Gasteiger partial charge is 0.506 e. The highest BCUT2D eigenvalue weighted by atomic mass is 16.3. The van der Waals surface area contributed by atoms with Gasteiger partial charge in [-0.3, -0.25) is 14.4 Å². The fourth-order valence-corrected chi connectivity index (χ4v) is 2.05. The fraction of sp³-hybridized carbons (Fsp3) is 0.143. The Balaban J connectivity index is 2.70. The van der Waals surface area contributed by atoms with Crippen molar-refractivity contribution >= 4 is 17.5 Å². The number of aromatic hydroxyl groups is 1. The summed E-state index contributed by atoms with van der Waals surface area (Å²) in [5, 5.41) is 21.1. The number of ketones is 2. The molecule has 0 fully saturated rings. The molecule has 0 unspecified atom stereocenters. The number of hydrogen-bond acceptors (Lipinski definition) is 5. The summed E-state index contributed by atoms with van der Waals surface area (Å²) in [5.74, 6) is -1.95. The Hall–Kier alpha value is -2.94. The van der Waals surface area contributed by atoms with Crippen molar-refractivity contribution in [2.75, 3.05) is 0 Å². The summed E-state index contributed by atoms with van der Waals surface area (Å²) in [6.45, 7) is 2.74. The van der Waals surface area contributed by atoms with Crippen LogP contribution in [0, 0.1) is 18.3 Å². The summed E-state index contributed by atoms with van der Waals surface area (Å²) in [5.41, 5.74) is -0.172. The smallest absolute Gasteiger partial charge is 0.221 e. The standard InChI is InChI=1S/C14H10N2O4/c1-6-3-8-12(9(5-15)13(6)19)11(18)4-10(14(8)20)16-7(2)17/h3-4,19H,1-2H3,(H,16,17). The van der Waals surface area contributed by atoms with Gasteiger partial charge in [-0.05, 0) is 18.6 Å². The number of phenolic OH excluding ortho intramolecular Hbond substituents is 1. The van der Waals surface area contributed by atoms with Gasteiger partial charge in [0.05, 0.1) is 11.3 Å². The molecule has 0 atom stereocenters. The van der Waals surface area contributed by atoms with E-state index in [2.05, 4.69) is 5.32 Å². The number of amides is 1. The number of carbonyl (C=O) groups excluding carboxylic acids is 3. The van der Waals surface area contributed by atoms with E-state index in [0.29, 0.717) is 5.56 Å². The average Bonchev–Trinajstić information content (AvgIpc) is 2.37. The third-order valence-electron chi connectivity index (χ3n) is 2.92. The maximum Gasteiger partial charge on any atom is 0.221 e. The van der Waals surface area contributed by atoms with Crippen LogP contribution in [-0.4, -0.2) is 22.6 Å². The van der Waals surface area contributed by atoms with Crippen molar-refractivity contribution in [2.45, 2.75) is 13.8 Å². The minimum absolute atomic E-state index is 0.00750. The first-order chi connectivity index (χ1) is 9.36. The van der Waals surface area contributed by atoms with Crippen LogP contribution >= 0.6 is 0 Å². The van der Waals surface area contributed by atoms with Gasteiger partial charge in [-0.25, -0.2) is 0 Å². The first-order valence-electron chi connectivity index (χ1n) is 5.71. The highest BCUT2D eigenvalue weighted by Crippen LogP contribution is 2.32. The van der Waals surface area contributed by atoms with Gasteiger partial charge in [0.2, 0.25) is 11.7 Å². The Kier molecular flexibility index (Phi) is 3.12. The molecular weight excluding hydrogens is 260 g/mol. The second kappa shape index (κ2) is 4.63. The monoisotopic (exact) mass is 270 g/mol. The molecule has 1 aliphatic rings. The Labute approximate surface area is 114 Å². The molecule has 1 aliphatic carbocycles. The van der Waals surface area contributed by atoms with Gasteiger partial charge in [-0.15, -0.1) is 0 Å². The number of aryl methyl sites for hydroxylation is 1. The van der Waals surface area contributed by atoms with Crippen LogP contribution < -0.4 is 5.32 Å². The van der Waals surface area contributed by atoms with E-state index in [4.69, 9.17) is 5.26 Å². The molecule has 6 nitrogen and oxygen atoms in total. The van der Waals surface area contributed by atoms with Crippen molar-refractivity contribution in [3.05, 3.63) is 40.1 Å². The van der Waals surface area contributed by atoms with E-state index in [-0.39, 0.29) is 28.1 Å². The normalized spacial score (nSPS) is 13.3. The third-order valence-corrected chi connectivity index (χ3v) is 2.92. The van der Waals surface area contributed by atoms with E-state index in [1.54, 1.807) is 6.07 Å². The van der Waals surface area contributed by atoms with Crippen LogP contribution in [0.25, 0.3) is 0 Å².